The number of halogens is 3. The number of nitrogens with one attached hydrogen (secondary N) is 3. The van der Waals surface area contributed by atoms with Gasteiger partial charge in [0.15, 0.2) is 0 Å². The number of rotatable bonds is 6. The van der Waals surface area contributed by atoms with Crippen molar-refractivity contribution in [2.75, 3.05) is 18.4 Å². The third-order valence-corrected chi connectivity index (χ3v) is 6.94. The number of urea groups is 1. The third kappa shape index (κ3) is 8.26. The second-order valence-electron chi connectivity index (χ2n) is 11.0. The lowest BCUT2D eigenvalue weighted by Gasteiger charge is -2.37. The first kappa shape index (κ1) is 28.6. The molecule has 8 nitrogen and oxygen atoms in total. The smallest absolute Gasteiger partial charge is 0.408 e. The average molecular weight is 527 g/mol. The summed E-state index contributed by atoms with van der Waals surface area (Å²) < 4.78 is 46.0. The maximum atomic E-state index is 13.8. The van der Waals surface area contributed by atoms with Gasteiger partial charge in [-0.3, -0.25) is 4.79 Å². The van der Waals surface area contributed by atoms with Gasteiger partial charge in [0.25, 0.3) is 0 Å². The van der Waals surface area contributed by atoms with Crippen molar-refractivity contribution in [2.45, 2.75) is 83.7 Å². The van der Waals surface area contributed by atoms with E-state index in [-0.39, 0.29) is 42.4 Å². The molecule has 0 bridgehead atoms. The van der Waals surface area contributed by atoms with Crippen LogP contribution in [0, 0.1) is 23.5 Å². The number of likely N-dealkylation sites (tertiary alicyclic amines) is 1. The second kappa shape index (κ2) is 12.0. The fraction of sp³-hybridized carbons (Fsp3) is 0.654. The lowest BCUT2D eigenvalue weighted by molar-refractivity contribution is -0.134. The Bertz CT molecular complexity index is 979. The number of alkyl carbamates (subject to hydrolysis) is 1. The highest BCUT2D eigenvalue weighted by Crippen LogP contribution is 2.33. The third-order valence-electron chi connectivity index (χ3n) is 6.94. The molecule has 37 heavy (non-hydrogen) atoms. The van der Waals surface area contributed by atoms with E-state index in [2.05, 4.69) is 16.0 Å². The van der Waals surface area contributed by atoms with Crippen LogP contribution in [-0.4, -0.2) is 59.9 Å². The van der Waals surface area contributed by atoms with E-state index in [0.29, 0.717) is 38.3 Å². The minimum Gasteiger partial charge on any atom is -0.444 e. The van der Waals surface area contributed by atoms with E-state index >= 15 is 0 Å². The zero-order valence-corrected chi connectivity index (χ0v) is 21.8. The molecule has 0 unspecified atom stereocenters. The van der Waals surface area contributed by atoms with E-state index in [1.807, 2.05) is 6.92 Å². The molecule has 4 amide bonds. The van der Waals surface area contributed by atoms with Crippen molar-refractivity contribution < 1.29 is 32.3 Å². The van der Waals surface area contributed by atoms with Crippen molar-refractivity contribution >= 4 is 23.7 Å². The predicted octanol–water partition coefficient (Wildman–Crippen LogP) is 4.74. The highest BCUT2D eigenvalue weighted by molar-refractivity contribution is 5.89. The fourth-order valence-electron chi connectivity index (χ4n) is 4.96. The Morgan fingerprint density at radius 2 is 1.76 bits per heavy atom. The van der Waals surface area contributed by atoms with Crippen LogP contribution in [0.4, 0.5) is 28.4 Å². The number of carbonyl (C=O) groups is 3. The summed E-state index contributed by atoms with van der Waals surface area (Å²) in [4.78, 5) is 39.6. The number of hydrogen-bond acceptors (Lipinski definition) is 4. The lowest BCUT2D eigenvalue weighted by atomic mass is 9.75. The molecular weight excluding hydrogens is 489 g/mol. The Balaban J connectivity index is 1.58. The largest absolute Gasteiger partial charge is 0.444 e. The number of nitrogens with zero attached hydrogens (tertiary/aromatic N) is 1. The molecule has 0 spiro atoms. The summed E-state index contributed by atoms with van der Waals surface area (Å²) in [5, 5.41) is 7.93. The highest BCUT2D eigenvalue weighted by Gasteiger charge is 2.39. The number of amides is 4. The number of anilines is 1. The number of ether oxygens (including phenoxy) is 1. The normalized spacial score (nSPS) is 23.6. The fourth-order valence-corrected chi connectivity index (χ4v) is 4.96. The highest BCUT2D eigenvalue weighted by atomic mass is 19.1. The van der Waals surface area contributed by atoms with Crippen LogP contribution >= 0.6 is 0 Å². The molecule has 1 aliphatic heterocycles. The maximum absolute atomic E-state index is 13.8. The van der Waals surface area contributed by atoms with Crippen LogP contribution in [0.25, 0.3) is 0 Å². The van der Waals surface area contributed by atoms with Crippen molar-refractivity contribution in [3.05, 3.63) is 29.8 Å². The summed E-state index contributed by atoms with van der Waals surface area (Å²) in [7, 11) is 0. The van der Waals surface area contributed by atoms with E-state index in [9.17, 15) is 27.6 Å². The van der Waals surface area contributed by atoms with Gasteiger partial charge in [0.05, 0.1) is 12.2 Å². The van der Waals surface area contributed by atoms with E-state index < -0.39 is 41.6 Å². The molecule has 3 N–H and O–H groups in total. The molecule has 206 valence electrons. The summed E-state index contributed by atoms with van der Waals surface area (Å²) in [6.45, 7) is 7.41. The molecule has 0 radical (unpaired) electrons. The van der Waals surface area contributed by atoms with Crippen molar-refractivity contribution in [1.29, 1.82) is 0 Å². The second-order valence-corrected chi connectivity index (χ2v) is 11.0. The maximum Gasteiger partial charge on any atom is 0.408 e. The van der Waals surface area contributed by atoms with Gasteiger partial charge in [0.1, 0.15) is 29.4 Å². The number of alkyl halides is 1. The Kier molecular flexibility index (Phi) is 9.31. The quantitative estimate of drug-likeness (QED) is 0.498. The molecule has 0 aromatic heterocycles. The van der Waals surface area contributed by atoms with Crippen molar-refractivity contribution in [3.63, 3.8) is 0 Å². The van der Waals surface area contributed by atoms with Crippen molar-refractivity contribution in [1.82, 2.24) is 15.5 Å². The van der Waals surface area contributed by atoms with Crippen LogP contribution in [-0.2, 0) is 9.53 Å². The van der Waals surface area contributed by atoms with Gasteiger partial charge in [-0.2, -0.15) is 0 Å². The first-order valence-corrected chi connectivity index (χ1v) is 12.8. The molecule has 3 atom stereocenters. The average Bonchev–Trinajstić information content (AvgIpc) is 3.24. The van der Waals surface area contributed by atoms with Gasteiger partial charge in [-0.05, 0) is 76.8 Å². The Morgan fingerprint density at radius 1 is 1.08 bits per heavy atom. The van der Waals surface area contributed by atoms with Crippen molar-refractivity contribution in [3.8, 4) is 0 Å². The van der Waals surface area contributed by atoms with Gasteiger partial charge in [-0.25, -0.2) is 22.8 Å². The molecular formula is C26H37F3N4O4. The van der Waals surface area contributed by atoms with Gasteiger partial charge in [0.2, 0.25) is 5.91 Å². The van der Waals surface area contributed by atoms with E-state index in [0.717, 1.165) is 12.1 Å². The summed E-state index contributed by atoms with van der Waals surface area (Å²) in [5.41, 5.74) is -0.854. The molecule has 2 fully saturated rings. The van der Waals surface area contributed by atoms with E-state index in [1.54, 1.807) is 20.8 Å². The summed E-state index contributed by atoms with van der Waals surface area (Å²) in [6, 6.07) is 1.30. The minimum atomic E-state index is -1.07. The topological polar surface area (TPSA) is 99.8 Å². The van der Waals surface area contributed by atoms with Crippen LogP contribution in [0.2, 0.25) is 0 Å². The van der Waals surface area contributed by atoms with E-state index in [1.165, 1.54) is 4.90 Å². The molecule has 2 aliphatic rings. The molecule has 1 heterocycles. The van der Waals surface area contributed by atoms with Gasteiger partial charge >= 0.3 is 12.1 Å². The van der Waals surface area contributed by atoms with Crippen LogP contribution in [0.1, 0.15) is 59.8 Å². The standard InChI is InChI=1S/C26H37F3N4O4/c1-15(22(32-25(36)37-26(2,3)4)23(34)33-12-11-18(28)14-33)16-5-8-19(9-6-16)30-24(35)31-21-10-7-17(27)13-20(21)29/h7,10,13,15-16,18-19,22H,5-6,8-9,11-12,14H2,1-4H3,(H,32,36)(H2,30,31,35)/t15-,16?,18-,19?,22-/m0/s1. The predicted molar refractivity (Wildman–Crippen MR) is 133 cm³/mol. The SMILES string of the molecule is C[C@@H](C1CCC(NC(=O)Nc2ccc(F)cc2F)CC1)[C@H](NC(=O)OC(C)(C)C)C(=O)N1CC[C@H](F)C1. The monoisotopic (exact) mass is 526 g/mol. The molecule has 1 saturated heterocycles. The van der Waals surface area contributed by atoms with E-state index in [4.69, 9.17) is 4.74 Å². The summed E-state index contributed by atoms with van der Waals surface area (Å²) in [5.74, 6) is -2.09. The molecule has 11 heteroatoms. The van der Waals surface area contributed by atoms with Crippen molar-refractivity contribution in [2.24, 2.45) is 11.8 Å². The first-order valence-electron chi connectivity index (χ1n) is 12.8. The molecule has 1 aromatic carbocycles. The summed E-state index contributed by atoms with van der Waals surface area (Å²) >= 11 is 0. The Hall–Kier alpha value is -2.98. The van der Waals surface area contributed by atoms with Gasteiger partial charge in [-0.1, -0.05) is 6.92 Å². The Labute approximate surface area is 215 Å². The van der Waals surface area contributed by atoms with Crippen LogP contribution < -0.4 is 16.0 Å². The van der Waals surface area contributed by atoms with Gasteiger partial charge in [0, 0.05) is 18.7 Å². The Morgan fingerprint density at radius 3 is 2.32 bits per heavy atom. The number of benzene rings is 1. The molecule has 1 aromatic rings. The number of hydrogen-bond donors (Lipinski definition) is 3. The number of carbonyl (C=O) groups excluding carboxylic acids is 3. The van der Waals surface area contributed by atoms with Crippen LogP contribution in [0.3, 0.4) is 0 Å². The first-order chi connectivity index (χ1) is 17.3. The van der Waals surface area contributed by atoms with Crippen LogP contribution in [0.15, 0.2) is 18.2 Å². The molecule has 1 aliphatic carbocycles. The minimum absolute atomic E-state index is 0.0124. The lowest BCUT2D eigenvalue weighted by Crippen LogP contribution is -2.54. The molecule has 3 rings (SSSR count). The van der Waals surface area contributed by atoms with Crippen LogP contribution in [0.5, 0.6) is 0 Å². The molecule has 1 saturated carbocycles. The van der Waals surface area contributed by atoms with Gasteiger partial charge < -0.3 is 25.6 Å². The van der Waals surface area contributed by atoms with Gasteiger partial charge in [-0.15, -0.1) is 0 Å². The summed E-state index contributed by atoms with van der Waals surface area (Å²) in [6.07, 6.45) is 1.12. The zero-order chi connectivity index (χ0) is 27.3. The zero-order valence-electron chi connectivity index (χ0n) is 21.8.